The van der Waals surface area contributed by atoms with Crippen molar-refractivity contribution in [3.05, 3.63) is 88.9 Å². The third kappa shape index (κ3) is 4.47. The summed E-state index contributed by atoms with van der Waals surface area (Å²) in [6.45, 7) is 2.08. The van der Waals surface area contributed by atoms with E-state index in [1.165, 1.54) is 11.1 Å². The van der Waals surface area contributed by atoms with Gasteiger partial charge < -0.3 is 4.74 Å². The standard InChI is InChI=1S/C23H20ClN3OS/c1-16-6-12-20(13-7-16)27-22(18-4-3-5-21(14-18)28-2)25-26-23(27)29-15-17-8-10-19(24)11-9-17/h3-14H,15H2,1-2H3. The van der Waals surface area contributed by atoms with Crippen molar-refractivity contribution in [3.63, 3.8) is 0 Å². The summed E-state index contributed by atoms with van der Waals surface area (Å²) in [5.74, 6) is 2.35. The molecule has 29 heavy (non-hydrogen) atoms. The highest BCUT2D eigenvalue weighted by atomic mass is 35.5. The minimum absolute atomic E-state index is 0.738. The van der Waals surface area contributed by atoms with E-state index in [2.05, 4.69) is 46.0 Å². The lowest BCUT2D eigenvalue weighted by molar-refractivity contribution is 0.415. The molecule has 0 atom stereocenters. The lowest BCUT2D eigenvalue weighted by Crippen LogP contribution is -2.00. The molecular formula is C23H20ClN3OS. The topological polar surface area (TPSA) is 39.9 Å². The highest BCUT2D eigenvalue weighted by molar-refractivity contribution is 7.98. The van der Waals surface area contributed by atoms with Crippen molar-refractivity contribution < 1.29 is 4.74 Å². The molecule has 4 rings (SSSR count). The maximum absolute atomic E-state index is 6.00. The van der Waals surface area contributed by atoms with E-state index in [1.54, 1.807) is 18.9 Å². The number of halogens is 1. The zero-order valence-electron chi connectivity index (χ0n) is 16.2. The molecule has 4 aromatic rings. The van der Waals surface area contributed by atoms with Gasteiger partial charge in [-0.25, -0.2) is 0 Å². The van der Waals surface area contributed by atoms with Crippen LogP contribution in [0.15, 0.2) is 78.0 Å². The Bertz CT molecular complexity index is 1110. The number of aromatic nitrogens is 3. The summed E-state index contributed by atoms with van der Waals surface area (Å²) in [6.07, 6.45) is 0. The monoisotopic (exact) mass is 421 g/mol. The van der Waals surface area contributed by atoms with E-state index in [0.717, 1.165) is 38.8 Å². The van der Waals surface area contributed by atoms with Gasteiger partial charge in [-0.15, -0.1) is 10.2 Å². The first-order valence-electron chi connectivity index (χ1n) is 9.18. The number of hydrogen-bond donors (Lipinski definition) is 0. The fraction of sp³-hybridized carbons (Fsp3) is 0.130. The zero-order chi connectivity index (χ0) is 20.2. The molecular weight excluding hydrogens is 402 g/mol. The molecule has 0 aliphatic carbocycles. The fourth-order valence-corrected chi connectivity index (χ4v) is 4.00. The van der Waals surface area contributed by atoms with Crippen LogP contribution in [0, 0.1) is 6.92 Å². The zero-order valence-corrected chi connectivity index (χ0v) is 17.7. The molecule has 0 saturated carbocycles. The average Bonchev–Trinajstić information content (AvgIpc) is 3.18. The van der Waals surface area contributed by atoms with E-state index < -0.39 is 0 Å². The molecule has 6 heteroatoms. The number of hydrogen-bond acceptors (Lipinski definition) is 4. The van der Waals surface area contributed by atoms with Gasteiger partial charge in [-0.2, -0.15) is 0 Å². The smallest absolute Gasteiger partial charge is 0.196 e. The van der Waals surface area contributed by atoms with Crippen LogP contribution < -0.4 is 4.74 Å². The number of aryl methyl sites for hydroxylation is 1. The molecule has 0 radical (unpaired) electrons. The molecule has 0 fully saturated rings. The number of nitrogens with zero attached hydrogens (tertiary/aromatic N) is 3. The van der Waals surface area contributed by atoms with Crippen molar-refractivity contribution in [2.45, 2.75) is 17.8 Å². The molecule has 0 aliphatic rings. The Labute approximate surface area is 179 Å². The molecule has 3 aromatic carbocycles. The molecule has 0 spiro atoms. The second-order valence-electron chi connectivity index (χ2n) is 6.62. The Morgan fingerprint density at radius 3 is 2.45 bits per heavy atom. The first kappa shape index (κ1) is 19.6. The Morgan fingerprint density at radius 1 is 0.966 bits per heavy atom. The molecule has 4 nitrogen and oxygen atoms in total. The quantitative estimate of drug-likeness (QED) is 0.347. The fourth-order valence-electron chi connectivity index (χ4n) is 2.97. The second kappa shape index (κ2) is 8.72. The molecule has 1 aromatic heterocycles. The normalized spacial score (nSPS) is 10.9. The maximum atomic E-state index is 6.00. The van der Waals surface area contributed by atoms with Crippen LogP contribution in [0.4, 0.5) is 0 Å². The van der Waals surface area contributed by atoms with Gasteiger partial charge in [0.2, 0.25) is 0 Å². The van der Waals surface area contributed by atoms with Crippen LogP contribution in [-0.2, 0) is 5.75 Å². The predicted octanol–water partition coefficient (Wildman–Crippen LogP) is 6.20. The minimum atomic E-state index is 0.738. The lowest BCUT2D eigenvalue weighted by Gasteiger charge is -2.11. The van der Waals surface area contributed by atoms with Crippen LogP contribution in [0.2, 0.25) is 5.02 Å². The first-order chi connectivity index (χ1) is 14.1. The molecule has 0 N–H and O–H groups in total. The Morgan fingerprint density at radius 2 is 1.72 bits per heavy atom. The molecule has 1 heterocycles. The summed E-state index contributed by atoms with van der Waals surface area (Å²) in [6, 6.07) is 24.1. The lowest BCUT2D eigenvalue weighted by atomic mass is 10.2. The minimum Gasteiger partial charge on any atom is -0.497 e. The highest BCUT2D eigenvalue weighted by Gasteiger charge is 2.17. The van der Waals surface area contributed by atoms with Crippen LogP contribution >= 0.6 is 23.4 Å². The van der Waals surface area contributed by atoms with Gasteiger partial charge in [0.05, 0.1) is 7.11 Å². The van der Waals surface area contributed by atoms with Crippen LogP contribution in [0.1, 0.15) is 11.1 Å². The van der Waals surface area contributed by atoms with E-state index in [9.17, 15) is 0 Å². The molecule has 0 amide bonds. The summed E-state index contributed by atoms with van der Waals surface area (Å²) in [7, 11) is 1.66. The Kier molecular flexibility index (Phi) is 5.88. The largest absolute Gasteiger partial charge is 0.497 e. The van der Waals surface area contributed by atoms with Crippen LogP contribution in [0.3, 0.4) is 0 Å². The summed E-state index contributed by atoms with van der Waals surface area (Å²) in [5.41, 5.74) is 4.37. The maximum Gasteiger partial charge on any atom is 0.196 e. The first-order valence-corrected chi connectivity index (χ1v) is 10.5. The second-order valence-corrected chi connectivity index (χ2v) is 8.00. The van der Waals surface area contributed by atoms with E-state index in [4.69, 9.17) is 16.3 Å². The van der Waals surface area contributed by atoms with Gasteiger partial charge in [0.15, 0.2) is 11.0 Å². The summed E-state index contributed by atoms with van der Waals surface area (Å²) in [5, 5.41) is 10.6. The van der Waals surface area contributed by atoms with Gasteiger partial charge in [-0.05, 0) is 48.9 Å². The van der Waals surface area contributed by atoms with Gasteiger partial charge >= 0.3 is 0 Å². The van der Waals surface area contributed by atoms with Gasteiger partial charge in [0, 0.05) is 22.0 Å². The third-order valence-electron chi connectivity index (χ3n) is 4.53. The van der Waals surface area contributed by atoms with Crippen LogP contribution in [0.25, 0.3) is 17.1 Å². The van der Waals surface area contributed by atoms with Gasteiger partial charge in [-0.1, -0.05) is 65.3 Å². The Hall–Kier alpha value is -2.76. The van der Waals surface area contributed by atoms with Crippen molar-refractivity contribution in [2.75, 3.05) is 7.11 Å². The van der Waals surface area contributed by atoms with Crippen LogP contribution in [-0.4, -0.2) is 21.9 Å². The Balaban J connectivity index is 1.73. The molecule has 0 unspecified atom stereocenters. The van der Waals surface area contributed by atoms with Crippen LogP contribution in [0.5, 0.6) is 5.75 Å². The third-order valence-corrected chi connectivity index (χ3v) is 5.79. The van der Waals surface area contributed by atoms with E-state index in [0.29, 0.717) is 0 Å². The number of thioether (sulfide) groups is 1. The van der Waals surface area contributed by atoms with Gasteiger partial charge in [-0.3, -0.25) is 4.57 Å². The van der Waals surface area contributed by atoms with Crippen molar-refractivity contribution in [1.82, 2.24) is 14.8 Å². The predicted molar refractivity (Wildman–Crippen MR) is 119 cm³/mol. The van der Waals surface area contributed by atoms with Crippen molar-refractivity contribution in [2.24, 2.45) is 0 Å². The number of rotatable bonds is 6. The number of benzene rings is 3. The summed E-state index contributed by atoms with van der Waals surface area (Å²) in [4.78, 5) is 0. The van der Waals surface area contributed by atoms with Crippen molar-refractivity contribution in [1.29, 1.82) is 0 Å². The van der Waals surface area contributed by atoms with E-state index >= 15 is 0 Å². The van der Waals surface area contributed by atoms with E-state index in [-0.39, 0.29) is 0 Å². The summed E-state index contributed by atoms with van der Waals surface area (Å²) >= 11 is 7.64. The SMILES string of the molecule is COc1cccc(-c2nnc(SCc3ccc(Cl)cc3)n2-c2ccc(C)cc2)c1. The molecule has 0 saturated heterocycles. The molecule has 146 valence electrons. The molecule has 0 bridgehead atoms. The number of methoxy groups -OCH3 is 1. The van der Waals surface area contributed by atoms with Gasteiger partial charge in [0.1, 0.15) is 5.75 Å². The summed E-state index contributed by atoms with van der Waals surface area (Å²) < 4.78 is 7.48. The van der Waals surface area contributed by atoms with E-state index in [1.807, 2.05) is 48.5 Å². The average molecular weight is 422 g/mol. The van der Waals surface area contributed by atoms with Crippen molar-refractivity contribution in [3.8, 4) is 22.8 Å². The highest BCUT2D eigenvalue weighted by Crippen LogP contribution is 2.31. The molecule has 0 aliphatic heterocycles. The van der Waals surface area contributed by atoms with Gasteiger partial charge in [0.25, 0.3) is 0 Å². The van der Waals surface area contributed by atoms with Crippen molar-refractivity contribution >= 4 is 23.4 Å². The number of ether oxygens (including phenoxy) is 1.